The fourth-order valence-corrected chi connectivity index (χ4v) is 4.49. The normalized spacial score (nSPS) is 28.1. The van der Waals surface area contributed by atoms with Gasteiger partial charge < -0.3 is 9.47 Å². The van der Waals surface area contributed by atoms with E-state index in [9.17, 15) is 35.9 Å². The Labute approximate surface area is 151 Å². The number of alkyl halides is 6. The molecule has 2 bridgehead atoms. The Hall–Kier alpha value is -1.74. The summed E-state index contributed by atoms with van der Waals surface area (Å²) in [5.41, 5.74) is -4.54. The molecule has 2 saturated carbocycles. The van der Waals surface area contributed by atoms with Crippen molar-refractivity contribution in [1.82, 2.24) is 0 Å². The number of carbonyl (C=O) groups is 2. The summed E-state index contributed by atoms with van der Waals surface area (Å²) in [6.45, 7) is 3.66. The molecule has 0 amide bonds. The van der Waals surface area contributed by atoms with E-state index in [2.05, 4.69) is 11.3 Å². The number of halogens is 6. The molecule has 10 heteroatoms. The minimum atomic E-state index is -5.80. The van der Waals surface area contributed by atoms with Gasteiger partial charge in [0.2, 0.25) is 0 Å². The smallest absolute Gasteiger partial charge is 0.437 e. The van der Waals surface area contributed by atoms with Crippen LogP contribution in [0, 0.1) is 23.7 Å². The predicted octanol–water partition coefficient (Wildman–Crippen LogP) is 4.19. The van der Waals surface area contributed by atoms with Gasteiger partial charge in [0.25, 0.3) is 0 Å². The molecule has 2 fully saturated rings. The molecular formula is C17H20F6O4. The molecule has 0 aromatic carbocycles. The van der Waals surface area contributed by atoms with Crippen molar-refractivity contribution in [3.8, 4) is 0 Å². The average Bonchev–Trinajstić information content (AvgIpc) is 3.08. The van der Waals surface area contributed by atoms with Crippen LogP contribution >= 0.6 is 0 Å². The molecule has 0 heterocycles. The maximum Gasteiger partial charge on any atom is 0.437 e. The predicted molar refractivity (Wildman–Crippen MR) is 80.2 cm³/mol. The van der Waals surface area contributed by atoms with Crippen LogP contribution in [0.2, 0.25) is 0 Å². The van der Waals surface area contributed by atoms with E-state index in [1.54, 1.807) is 0 Å². The molecule has 2 aliphatic carbocycles. The Bertz CT molecular complexity index is 583. The van der Waals surface area contributed by atoms with E-state index >= 15 is 0 Å². The first kappa shape index (κ1) is 21.6. The van der Waals surface area contributed by atoms with Crippen LogP contribution < -0.4 is 0 Å². The topological polar surface area (TPSA) is 52.6 Å². The fourth-order valence-electron chi connectivity index (χ4n) is 4.49. The minimum absolute atomic E-state index is 0.0380. The minimum Gasteiger partial charge on any atom is -0.462 e. The summed E-state index contributed by atoms with van der Waals surface area (Å²) >= 11 is 0. The van der Waals surface area contributed by atoms with E-state index in [0.29, 0.717) is 19.8 Å². The lowest BCUT2D eigenvalue weighted by molar-refractivity contribution is -0.374. The standard InChI is InChI=1S/C17H20F6O4/c1-3-14(25)26-8-12-5-10-4-11(13(12)6-10)7-15(16(18,19)20,17(21,22)23)27-9(2)24/h3,10-13H,1,4-8H2,2H3. The van der Waals surface area contributed by atoms with Crippen molar-refractivity contribution in [1.29, 1.82) is 0 Å². The van der Waals surface area contributed by atoms with Crippen molar-refractivity contribution in [2.45, 2.75) is 50.6 Å². The van der Waals surface area contributed by atoms with Crippen molar-refractivity contribution in [3.63, 3.8) is 0 Å². The number of carbonyl (C=O) groups excluding carboxylic acids is 2. The third-order valence-electron chi connectivity index (χ3n) is 5.48. The highest BCUT2D eigenvalue weighted by atomic mass is 19.4. The van der Waals surface area contributed by atoms with Crippen LogP contribution in [0.1, 0.15) is 32.6 Å². The zero-order valence-electron chi connectivity index (χ0n) is 14.5. The first-order valence-electron chi connectivity index (χ1n) is 8.43. The fraction of sp³-hybridized carbons (Fsp3) is 0.765. The highest BCUT2D eigenvalue weighted by Crippen LogP contribution is 2.58. The maximum atomic E-state index is 13.4. The Morgan fingerprint density at radius 3 is 2.04 bits per heavy atom. The second kappa shape index (κ2) is 7.35. The second-order valence-electron chi connectivity index (χ2n) is 7.21. The highest BCUT2D eigenvalue weighted by molar-refractivity contribution is 5.81. The lowest BCUT2D eigenvalue weighted by atomic mass is 9.75. The van der Waals surface area contributed by atoms with Gasteiger partial charge in [0.1, 0.15) is 0 Å². The number of hydrogen-bond donors (Lipinski definition) is 0. The molecule has 4 atom stereocenters. The summed E-state index contributed by atoms with van der Waals surface area (Å²) in [6, 6.07) is 0. The zero-order chi connectivity index (χ0) is 20.6. The quantitative estimate of drug-likeness (QED) is 0.380. The molecule has 0 spiro atoms. The summed E-state index contributed by atoms with van der Waals surface area (Å²) in [5.74, 6) is -4.12. The van der Waals surface area contributed by atoms with E-state index in [1.165, 1.54) is 0 Å². The molecule has 0 aromatic rings. The molecule has 0 aliphatic heterocycles. The van der Waals surface area contributed by atoms with Crippen molar-refractivity contribution in [2.75, 3.05) is 6.61 Å². The zero-order valence-corrected chi connectivity index (χ0v) is 14.5. The molecule has 2 aliphatic rings. The van der Waals surface area contributed by atoms with Crippen molar-refractivity contribution < 1.29 is 45.4 Å². The Kier molecular flexibility index (Phi) is 5.87. The van der Waals surface area contributed by atoms with Crippen LogP contribution in [0.3, 0.4) is 0 Å². The van der Waals surface area contributed by atoms with Crippen LogP contribution in [0.25, 0.3) is 0 Å². The lowest BCUT2D eigenvalue weighted by Gasteiger charge is -2.40. The van der Waals surface area contributed by atoms with E-state index < -0.39 is 48.1 Å². The molecule has 4 unspecified atom stereocenters. The van der Waals surface area contributed by atoms with Gasteiger partial charge in [-0.1, -0.05) is 6.58 Å². The van der Waals surface area contributed by atoms with Gasteiger partial charge in [-0.25, -0.2) is 4.79 Å². The van der Waals surface area contributed by atoms with Crippen LogP contribution in [0.15, 0.2) is 12.7 Å². The molecule has 4 nitrogen and oxygen atoms in total. The largest absolute Gasteiger partial charge is 0.462 e. The van der Waals surface area contributed by atoms with Crippen LogP contribution in [-0.4, -0.2) is 36.5 Å². The van der Waals surface area contributed by atoms with Crippen molar-refractivity contribution in [2.24, 2.45) is 23.7 Å². The van der Waals surface area contributed by atoms with Gasteiger partial charge >= 0.3 is 29.9 Å². The number of hydrogen-bond acceptors (Lipinski definition) is 4. The van der Waals surface area contributed by atoms with Gasteiger partial charge in [-0.3, -0.25) is 4.79 Å². The van der Waals surface area contributed by atoms with Gasteiger partial charge in [0, 0.05) is 19.4 Å². The molecule has 0 radical (unpaired) electrons. The van der Waals surface area contributed by atoms with E-state index in [0.717, 1.165) is 6.08 Å². The van der Waals surface area contributed by atoms with Gasteiger partial charge in [-0.15, -0.1) is 0 Å². The summed E-state index contributed by atoms with van der Waals surface area (Å²) < 4.78 is 89.5. The molecule has 0 aromatic heterocycles. The summed E-state index contributed by atoms with van der Waals surface area (Å²) in [4.78, 5) is 22.2. The van der Waals surface area contributed by atoms with Crippen LogP contribution in [0.5, 0.6) is 0 Å². The Balaban J connectivity index is 2.23. The summed E-state index contributed by atoms with van der Waals surface area (Å²) in [5, 5.41) is 0. The SMILES string of the molecule is C=CC(=O)OCC1CC2CC(CC(OC(C)=O)(C(F)(F)F)C(F)(F)F)C1C2. The van der Waals surface area contributed by atoms with Crippen molar-refractivity contribution in [3.05, 3.63) is 12.7 Å². The second-order valence-corrected chi connectivity index (χ2v) is 7.21. The summed E-state index contributed by atoms with van der Waals surface area (Å²) in [7, 11) is 0. The number of fused-ring (bicyclic) bond motifs is 2. The van der Waals surface area contributed by atoms with Gasteiger partial charge in [-0.2, -0.15) is 26.3 Å². The van der Waals surface area contributed by atoms with Crippen molar-refractivity contribution >= 4 is 11.9 Å². The Morgan fingerprint density at radius 2 is 1.59 bits per heavy atom. The first-order valence-corrected chi connectivity index (χ1v) is 8.43. The van der Waals surface area contributed by atoms with E-state index in [1.807, 2.05) is 0 Å². The molecule has 0 N–H and O–H groups in total. The molecule has 154 valence electrons. The van der Waals surface area contributed by atoms with E-state index in [4.69, 9.17) is 4.74 Å². The number of esters is 2. The van der Waals surface area contributed by atoms with Gasteiger partial charge in [-0.05, 0) is 42.9 Å². The number of rotatable bonds is 6. The highest BCUT2D eigenvalue weighted by Gasteiger charge is 2.75. The molecular weight excluding hydrogens is 382 g/mol. The third kappa shape index (κ3) is 4.24. The summed E-state index contributed by atoms with van der Waals surface area (Å²) in [6.07, 6.45) is -10.8. The molecule has 2 rings (SSSR count). The Morgan fingerprint density at radius 1 is 1.04 bits per heavy atom. The van der Waals surface area contributed by atoms with E-state index in [-0.39, 0.29) is 24.9 Å². The monoisotopic (exact) mass is 402 g/mol. The molecule has 27 heavy (non-hydrogen) atoms. The van der Waals surface area contributed by atoms with Crippen LogP contribution in [-0.2, 0) is 19.1 Å². The first-order chi connectivity index (χ1) is 12.3. The van der Waals surface area contributed by atoms with Gasteiger partial charge in [0.05, 0.1) is 6.61 Å². The number of ether oxygens (including phenoxy) is 2. The van der Waals surface area contributed by atoms with Gasteiger partial charge in [0.15, 0.2) is 0 Å². The third-order valence-corrected chi connectivity index (χ3v) is 5.48. The molecule has 0 saturated heterocycles. The average molecular weight is 402 g/mol. The lowest BCUT2D eigenvalue weighted by Crippen LogP contribution is -2.60. The van der Waals surface area contributed by atoms with Crippen LogP contribution in [0.4, 0.5) is 26.3 Å². The maximum absolute atomic E-state index is 13.4.